The molecule has 0 saturated heterocycles. The standard InChI is InChI=1S/C12H21N3O/c1-3-15(7-8-16-4-2)10-11-5-6-14-12(13)9-11/h5-6,9H,3-4,7-8,10H2,1-2H3,(H2,13,14). The summed E-state index contributed by atoms with van der Waals surface area (Å²) in [6.45, 7) is 8.58. The Morgan fingerprint density at radius 2 is 2.25 bits per heavy atom. The number of anilines is 1. The van der Waals surface area contributed by atoms with Gasteiger partial charge in [-0.15, -0.1) is 0 Å². The van der Waals surface area contributed by atoms with E-state index in [2.05, 4.69) is 16.8 Å². The lowest BCUT2D eigenvalue weighted by atomic mass is 10.2. The summed E-state index contributed by atoms with van der Waals surface area (Å²) in [4.78, 5) is 6.31. The number of hydrogen-bond acceptors (Lipinski definition) is 4. The number of pyridine rings is 1. The molecule has 0 atom stereocenters. The Balaban J connectivity index is 2.43. The van der Waals surface area contributed by atoms with E-state index in [-0.39, 0.29) is 0 Å². The first-order valence-electron chi connectivity index (χ1n) is 5.76. The van der Waals surface area contributed by atoms with Crippen LogP contribution in [-0.4, -0.2) is 36.2 Å². The van der Waals surface area contributed by atoms with E-state index in [1.807, 2.05) is 19.1 Å². The molecule has 0 spiro atoms. The van der Waals surface area contributed by atoms with Crippen molar-refractivity contribution in [2.45, 2.75) is 20.4 Å². The van der Waals surface area contributed by atoms with Gasteiger partial charge in [-0.1, -0.05) is 6.92 Å². The minimum atomic E-state index is 0.582. The fourth-order valence-corrected chi connectivity index (χ4v) is 1.54. The van der Waals surface area contributed by atoms with E-state index >= 15 is 0 Å². The predicted molar refractivity (Wildman–Crippen MR) is 66.1 cm³/mol. The smallest absolute Gasteiger partial charge is 0.123 e. The molecule has 0 aliphatic rings. The lowest BCUT2D eigenvalue weighted by Crippen LogP contribution is -2.27. The first-order valence-corrected chi connectivity index (χ1v) is 5.76. The molecular weight excluding hydrogens is 202 g/mol. The summed E-state index contributed by atoms with van der Waals surface area (Å²) in [6, 6.07) is 3.92. The van der Waals surface area contributed by atoms with Gasteiger partial charge in [0.15, 0.2) is 0 Å². The highest BCUT2D eigenvalue weighted by Crippen LogP contribution is 2.06. The third kappa shape index (κ3) is 4.59. The van der Waals surface area contributed by atoms with Gasteiger partial charge in [-0.25, -0.2) is 4.98 Å². The molecule has 0 saturated carbocycles. The summed E-state index contributed by atoms with van der Waals surface area (Å²) in [7, 11) is 0. The summed E-state index contributed by atoms with van der Waals surface area (Å²) in [6.07, 6.45) is 1.75. The van der Waals surface area contributed by atoms with E-state index < -0.39 is 0 Å². The highest BCUT2D eigenvalue weighted by Gasteiger charge is 2.03. The average molecular weight is 223 g/mol. The number of hydrogen-bond donors (Lipinski definition) is 1. The van der Waals surface area contributed by atoms with E-state index in [0.717, 1.165) is 32.8 Å². The van der Waals surface area contributed by atoms with Crippen molar-refractivity contribution in [3.8, 4) is 0 Å². The number of nitrogens with zero attached hydrogens (tertiary/aromatic N) is 2. The third-order valence-electron chi connectivity index (χ3n) is 2.45. The van der Waals surface area contributed by atoms with Crippen molar-refractivity contribution < 1.29 is 4.74 Å². The van der Waals surface area contributed by atoms with Gasteiger partial charge in [0.1, 0.15) is 5.82 Å². The molecule has 0 unspecified atom stereocenters. The van der Waals surface area contributed by atoms with E-state index in [4.69, 9.17) is 10.5 Å². The topological polar surface area (TPSA) is 51.4 Å². The minimum absolute atomic E-state index is 0.582. The maximum Gasteiger partial charge on any atom is 0.123 e. The van der Waals surface area contributed by atoms with Gasteiger partial charge in [-0.3, -0.25) is 4.90 Å². The van der Waals surface area contributed by atoms with Gasteiger partial charge in [0.05, 0.1) is 6.61 Å². The lowest BCUT2D eigenvalue weighted by Gasteiger charge is -2.20. The predicted octanol–water partition coefficient (Wildman–Crippen LogP) is 1.52. The number of nitrogens with two attached hydrogens (primary N) is 1. The fourth-order valence-electron chi connectivity index (χ4n) is 1.54. The molecule has 4 nitrogen and oxygen atoms in total. The molecule has 4 heteroatoms. The van der Waals surface area contributed by atoms with Gasteiger partial charge in [-0.2, -0.15) is 0 Å². The molecule has 1 heterocycles. The molecular formula is C12H21N3O. The Labute approximate surface area is 97.4 Å². The van der Waals surface area contributed by atoms with Crippen LogP contribution >= 0.6 is 0 Å². The van der Waals surface area contributed by atoms with Crippen molar-refractivity contribution >= 4 is 5.82 Å². The second-order valence-electron chi connectivity index (χ2n) is 3.65. The normalized spacial score (nSPS) is 10.9. The SMILES string of the molecule is CCOCCN(CC)Cc1ccnc(N)c1. The fraction of sp³-hybridized carbons (Fsp3) is 0.583. The number of nitrogen functional groups attached to an aromatic ring is 1. The van der Waals surface area contributed by atoms with Crippen LogP contribution in [0.4, 0.5) is 5.82 Å². The molecule has 2 N–H and O–H groups in total. The van der Waals surface area contributed by atoms with Gasteiger partial charge >= 0.3 is 0 Å². The molecule has 1 aromatic heterocycles. The Bertz CT molecular complexity index is 304. The zero-order valence-electron chi connectivity index (χ0n) is 10.1. The first-order chi connectivity index (χ1) is 7.76. The van der Waals surface area contributed by atoms with Gasteiger partial charge in [0.25, 0.3) is 0 Å². The molecule has 0 bridgehead atoms. The summed E-state index contributed by atoms with van der Waals surface area (Å²) < 4.78 is 5.35. The largest absolute Gasteiger partial charge is 0.384 e. The van der Waals surface area contributed by atoms with Gasteiger partial charge in [0, 0.05) is 25.9 Å². The summed E-state index contributed by atoms with van der Waals surface area (Å²) in [5.74, 6) is 0.582. The van der Waals surface area contributed by atoms with Crippen LogP contribution in [0.1, 0.15) is 19.4 Å². The van der Waals surface area contributed by atoms with E-state index in [0.29, 0.717) is 5.82 Å². The second-order valence-corrected chi connectivity index (χ2v) is 3.65. The maximum absolute atomic E-state index is 5.64. The molecule has 0 radical (unpaired) electrons. The summed E-state index contributed by atoms with van der Waals surface area (Å²) >= 11 is 0. The van der Waals surface area contributed by atoms with Crippen LogP contribution < -0.4 is 5.73 Å². The van der Waals surface area contributed by atoms with Crippen molar-refractivity contribution in [1.82, 2.24) is 9.88 Å². The lowest BCUT2D eigenvalue weighted by molar-refractivity contribution is 0.113. The highest BCUT2D eigenvalue weighted by atomic mass is 16.5. The second kappa shape index (κ2) is 7.19. The Hall–Kier alpha value is -1.13. The van der Waals surface area contributed by atoms with E-state index in [1.54, 1.807) is 6.20 Å². The molecule has 90 valence electrons. The van der Waals surface area contributed by atoms with Crippen LogP contribution in [0.25, 0.3) is 0 Å². The molecule has 0 fully saturated rings. The summed E-state index contributed by atoms with van der Waals surface area (Å²) in [5, 5.41) is 0. The molecule has 0 aliphatic carbocycles. The van der Waals surface area contributed by atoms with Crippen molar-refractivity contribution in [3.63, 3.8) is 0 Å². The zero-order chi connectivity index (χ0) is 11.8. The molecule has 16 heavy (non-hydrogen) atoms. The van der Waals surface area contributed by atoms with Crippen LogP contribution in [0, 0.1) is 0 Å². The quantitative estimate of drug-likeness (QED) is 0.712. The van der Waals surface area contributed by atoms with E-state index in [1.165, 1.54) is 5.56 Å². The Kier molecular flexibility index (Phi) is 5.82. The summed E-state index contributed by atoms with van der Waals surface area (Å²) in [5.41, 5.74) is 6.84. The molecule has 1 rings (SSSR count). The zero-order valence-corrected chi connectivity index (χ0v) is 10.1. The van der Waals surface area contributed by atoms with Gasteiger partial charge < -0.3 is 10.5 Å². The van der Waals surface area contributed by atoms with Crippen LogP contribution in [0.3, 0.4) is 0 Å². The molecule has 0 amide bonds. The van der Waals surface area contributed by atoms with Crippen LogP contribution in [-0.2, 0) is 11.3 Å². The van der Waals surface area contributed by atoms with Gasteiger partial charge in [-0.05, 0) is 31.2 Å². The average Bonchev–Trinajstić information content (AvgIpc) is 2.28. The van der Waals surface area contributed by atoms with Crippen LogP contribution in [0.15, 0.2) is 18.3 Å². The maximum atomic E-state index is 5.64. The molecule has 1 aromatic rings. The molecule has 0 aromatic carbocycles. The monoisotopic (exact) mass is 223 g/mol. The number of rotatable bonds is 7. The highest BCUT2D eigenvalue weighted by molar-refractivity contribution is 5.31. The Morgan fingerprint density at radius 3 is 2.88 bits per heavy atom. The van der Waals surface area contributed by atoms with Crippen molar-refractivity contribution in [2.24, 2.45) is 0 Å². The van der Waals surface area contributed by atoms with Crippen molar-refractivity contribution in [2.75, 3.05) is 32.0 Å². The van der Waals surface area contributed by atoms with Crippen LogP contribution in [0.5, 0.6) is 0 Å². The molecule has 0 aliphatic heterocycles. The first kappa shape index (κ1) is 12.9. The number of ether oxygens (including phenoxy) is 1. The Morgan fingerprint density at radius 1 is 1.44 bits per heavy atom. The van der Waals surface area contributed by atoms with Crippen molar-refractivity contribution in [1.29, 1.82) is 0 Å². The van der Waals surface area contributed by atoms with Crippen LogP contribution in [0.2, 0.25) is 0 Å². The van der Waals surface area contributed by atoms with Gasteiger partial charge in [0.2, 0.25) is 0 Å². The van der Waals surface area contributed by atoms with E-state index in [9.17, 15) is 0 Å². The number of aromatic nitrogens is 1. The third-order valence-corrected chi connectivity index (χ3v) is 2.45. The van der Waals surface area contributed by atoms with Crippen molar-refractivity contribution in [3.05, 3.63) is 23.9 Å². The number of likely N-dealkylation sites (N-methyl/N-ethyl adjacent to an activating group) is 1. The minimum Gasteiger partial charge on any atom is -0.384 e.